The Morgan fingerprint density at radius 3 is 2.50 bits per heavy atom. The van der Waals surface area contributed by atoms with Crippen LogP contribution in [0.2, 0.25) is 0 Å². The topological polar surface area (TPSA) is 20.2 Å². The van der Waals surface area contributed by atoms with Crippen molar-refractivity contribution in [2.45, 2.75) is 13.3 Å². The Hall–Kier alpha value is -0.0400. The van der Waals surface area contributed by atoms with Gasteiger partial charge in [0.05, 0.1) is 6.61 Å². The minimum Gasteiger partial charge on any atom is -0.390 e. The first-order valence-corrected chi connectivity index (χ1v) is 2.08. The van der Waals surface area contributed by atoms with Gasteiger partial charge in [0.15, 0.2) is 0 Å². The van der Waals surface area contributed by atoms with E-state index < -0.39 is 0 Å². The fraction of sp³-hybridized carbons (Fsp3) is 0.600. The van der Waals surface area contributed by atoms with Crippen molar-refractivity contribution in [1.82, 2.24) is 0 Å². The highest BCUT2D eigenvalue weighted by molar-refractivity contribution is 4.59. The highest BCUT2D eigenvalue weighted by atomic mass is 16.3. The number of hydrogen-bond acceptors (Lipinski definition) is 1. The maximum atomic E-state index is 8.17. The summed E-state index contributed by atoms with van der Waals surface area (Å²) in [6.45, 7) is 6.63. The second kappa shape index (κ2) is 3.16. The van der Waals surface area contributed by atoms with Gasteiger partial charge in [-0.3, -0.25) is 0 Å². The molecule has 0 saturated carbocycles. The van der Waals surface area contributed by atoms with Crippen LogP contribution in [0.25, 0.3) is 0 Å². The second-order valence-corrected chi connectivity index (χ2v) is 1.42. The molecule has 1 heteroatoms. The molecule has 0 saturated heterocycles. The molecule has 0 fully saturated rings. The minimum atomic E-state index is 0.255. The van der Waals surface area contributed by atoms with Crippen LogP contribution in [0.4, 0.5) is 0 Å². The lowest BCUT2D eigenvalue weighted by atomic mass is 10.1. The van der Waals surface area contributed by atoms with Crippen molar-refractivity contribution in [2.24, 2.45) is 5.92 Å². The van der Waals surface area contributed by atoms with Gasteiger partial charge in [-0.25, -0.2) is 0 Å². The molecule has 6 heavy (non-hydrogen) atoms. The molecule has 1 N–H and O–H groups in total. The Morgan fingerprint density at radius 1 is 2.00 bits per heavy atom. The Morgan fingerprint density at radius 2 is 2.50 bits per heavy atom. The summed E-state index contributed by atoms with van der Waals surface area (Å²) >= 11 is 0. The number of hydrogen-bond donors (Lipinski definition) is 1. The fourth-order valence-corrected chi connectivity index (χ4v) is 0.0745. The molecular formula is C5H10O. The molecular weight excluding hydrogens is 76.1 g/mol. The average Bonchev–Trinajstić information content (AvgIpc) is 1.65. The summed E-state index contributed by atoms with van der Waals surface area (Å²) in [5.74, 6) is 0.255. The van der Waals surface area contributed by atoms with Crippen molar-refractivity contribution in [3.8, 4) is 0 Å². The third kappa shape index (κ3) is 2.21. The van der Waals surface area contributed by atoms with E-state index in [-0.39, 0.29) is 5.92 Å². The van der Waals surface area contributed by atoms with Gasteiger partial charge in [-0.15, -0.1) is 0 Å². The molecule has 2 radical (unpaired) electrons. The van der Waals surface area contributed by atoms with Crippen LogP contribution in [0.5, 0.6) is 0 Å². The maximum Gasteiger partial charge on any atom is 0.0827 e. The molecule has 0 rings (SSSR count). The first kappa shape index (κ1) is 5.96. The molecule has 1 nitrogen and oxygen atoms in total. The zero-order valence-corrected chi connectivity index (χ0v) is 4.02. The largest absolute Gasteiger partial charge is 0.390 e. The molecule has 36 valence electrons. The highest BCUT2D eigenvalue weighted by Gasteiger charge is 1.91. The average molecular weight is 86.1 g/mol. The van der Waals surface area contributed by atoms with Gasteiger partial charge in [-0.05, 0) is 12.3 Å². The monoisotopic (exact) mass is 86.1 g/mol. The summed E-state index contributed by atoms with van der Waals surface area (Å²) in [4.78, 5) is 0. The van der Waals surface area contributed by atoms with Crippen LogP contribution in [0, 0.1) is 19.4 Å². The lowest BCUT2D eigenvalue weighted by Crippen LogP contribution is -1.89. The van der Waals surface area contributed by atoms with Gasteiger partial charge < -0.3 is 5.11 Å². The third-order valence-corrected chi connectivity index (χ3v) is 0.710. The molecule has 1 atom stereocenters. The van der Waals surface area contributed by atoms with E-state index in [0.29, 0.717) is 0 Å². The zero-order valence-electron chi connectivity index (χ0n) is 4.02. The molecule has 0 aliphatic carbocycles. The Balaban J connectivity index is 2.75. The second-order valence-electron chi connectivity index (χ2n) is 1.42. The van der Waals surface area contributed by atoms with Crippen molar-refractivity contribution >= 4 is 0 Å². The predicted octanol–water partition coefficient (Wildman–Crippen LogP) is 1.38. The van der Waals surface area contributed by atoms with Crippen molar-refractivity contribution in [3.05, 3.63) is 13.5 Å². The van der Waals surface area contributed by atoms with Crippen molar-refractivity contribution in [1.29, 1.82) is 0 Å². The van der Waals surface area contributed by atoms with Crippen LogP contribution >= 0.6 is 0 Å². The summed E-state index contributed by atoms with van der Waals surface area (Å²) in [6, 6.07) is 0. The Kier molecular flexibility index (Phi) is 3.14. The molecule has 0 amide bonds. The molecule has 0 aromatic carbocycles. The van der Waals surface area contributed by atoms with Gasteiger partial charge in [-0.1, -0.05) is 13.8 Å². The molecule has 0 aromatic rings. The van der Waals surface area contributed by atoms with Crippen LogP contribution in [0.3, 0.4) is 0 Å². The van der Waals surface area contributed by atoms with Gasteiger partial charge in [0.2, 0.25) is 0 Å². The van der Waals surface area contributed by atoms with E-state index in [1.54, 1.807) is 0 Å². The highest BCUT2D eigenvalue weighted by Crippen LogP contribution is 1.99. The Bertz CT molecular complexity index is 23.1. The standard InChI is InChI=1S/C5H10O/c1-3-5(2)4-6/h4-6H,1,3H2,2H3. The van der Waals surface area contributed by atoms with Gasteiger partial charge in [0, 0.05) is 0 Å². The van der Waals surface area contributed by atoms with Gasteiger partial charge in [-0.2, -0.15) is 0 Å². The zero-order chi connectivity index (χ0) is 4.99. The van der Waals surface area contributed by atoms with Crippen LogP contribution in [-0.4, -0.2) is 5.11 Å². The fourth-order valence-electron chi connectivity index (χ4n) is 0.0745. The number of aliphatic hydroxyl groups excluding tert-OH is 1. The van der Waals surface area contributed by atoms with E-state index >= 15 is 0 Å². The molecule has 0 heterocycles. The first-order valence-electron chi connectivity index (χ1n) is 2.08. The van der Waals surface area contributed by atoms with E-state index in [4.69, 9.17) is 5.11 Å². The van der Waals surface area contributed by atoms with E-state index in [0.717, 1.165) is 13.0 Å². The molecule has 0 aromatic heterocycles. The van der Waals surface area contributed by atoms with Crippen LogP contribution in [0.1, 0.15) is 13.3 Å². The van der Waals surface area contributed by atoms with Crippen LogP contribution in [-0.2, 0) is 0 Å². The Labute approximate surface area is 39.0 Å². The quantitative estimate of drug-likeness (QED) is 0.538. The lowest BCUT2D eigenvalue weighted by Gasteiger charge is -1.96. The summed E-state index contributed by atoms with van der Waals surface area (Å²) in [5.41, 5.74) is 0. The summed E-state index contributed by atoms with van der Waals surface area (Å²) in [5, 5.41) is 8.17. The van der Waals surface area contributed by atoms with Gasteiger partial charge in [0.25, 0.3) is 0 Å². The molecule has 0 bridgehead atoms. The first-order chi connectivity index (χ1) is 2.81. The van der Waals surface area contributed by atoms with Gasteiger partial charge in [0.1, 0.15) is 0 Å². The predicted molar refractivity (Wildman–Crippen MR) is 25.4 cm³/mol. The van der Waals surface area contributed by atoms with E-state index in [9.17, 15) is 0 Å². The SMILES string of the molecule is [CH2]CC(C)[CH]O. The molecule has 1 unspecified atom stereocenters. The molecule has 0 aliphatic heterocycles. The van der Waals surface area contributed by atoms with Crippen LogP contribution < -0.4 is 0 Å². The minimum absolute atomic E-state index is 0.255. The van der Waals surface area contributed by atoms with E-state index in [1.165, 1.54) is 0 Å². The third-order valence-electron chi connectivity index (χ3n) is 0.710. The summed E-state index contributed by atoms with van der Waals surface area (Å²) in [7, 11) is 0. The molecule has 0 spiro atoms. The van der Waals surface area contributed by atoms with E-state index in [2.05, 4.69) is 6.92 Å². The van der Waals surface area contributed by atoms with Crippen molar-refractivity contribution < 1.29 is 5.11 Å². The van der Waals surface area contributed by atoms with E-state index in [1.807, 2.05) is 6.92 Å². The number of aliphatic hydroxyl groups is 1. The van der Waals surface area contributed by atoms with Crippen LogP contribution in [0.15, 0.2) is 0 Å². The summed E-state index contributed by atoms with van der Waals surface area (Å²) < 4.78 is 0. The van der Waals surface area contributed by atoms with Gasteiger partial charge >= 0.3 is 0 Å². The normalized spacial score (nSPS) is 14.5. The van der Waals surface area contributed by atoms with Crippen molar-refractivity contribution in [3.63, 3.8) is 0 Å². The van der Waals surface area contributed by atoms with Crippen molar-refractivity contribution in [2.75, 3.05) is 0 Å². The maximum absolute atomic E-state index is 8.17. The number of rotatable bonds is 2. The lowest BCUT2D eigenvalue weighted by molar-refractivity contribution is 0.327. The summed E-state index contributed by atoms with van der Waals surface area (Å²) in [6.07, 6.45) is 0.774. The smallest absolute Gasteiger partial charge is 0.0827 e. The molecule has 0 aliphatic rings.